The first-order chi connectivity index (χ1) is 7.61. The van der Waals surface area contributed by atoms with Gasteiger partial charge in [0.2, 0.25) is 0 Å². The molecule has 0 spiro atoms. The molecule has 2 aromatic carbocycles. The van der Waals surface area contributed by atoms with Crippen LogP contribution < -0.4 is 0 Å². The summed E-state index contributed by atoms with van der Waals surface area (Å²) in [5, 5.41) is 18.8. The molecular formula is C12H8O4Zn. The van der Waals surface area contributed by atoms with Crippen LogP contribution in [0.1, 0.15) is 20.7 Å². The van der Waals surface area contributed by atoms with E-state index in [4.69, 9.17) is 10.2 Å². The Labute approximate surface area is 110 Å². The van der Waals surface area contributed by atoms with Gasteiger partial charge in [-0.1, -0.05) is 24.3 Å². The Balaban J connectivity index is 0.00000144. The minimum absolute atomic E-state index is 0. The van der Waals surface area contributed by atoms with Crippen molar-refractivity contribution in [3.05, 3.63) is 47.5 Å². The van der Waals surface area contributed by atoms with Crippen LogP contribution in [0, 0.1) is 0 Å². The van der Waals surface area contributed by atoms with Crippen molar-refractivity contribution in [1.29, 1.82) is 0 Å². The molecule has 0 aromatic heterocycles. The topological polar surface area (TPSA) is 74.6 Å². The molecule has 4 nitrogen and oxygen atoms in total. The molecule has 0 aliphatic rings. The molecule has 2 N–H and O–H groups in total. The Bertz CT molecular complexity index is 539. The van der Waals surface area contributed by atoms with Crippen molar-refractivity contribution < 1.29 is 39.3 Å². The Morgan fingerprint density at radius 3 is 1.41 bits per heavy atom. The van der Waals surface area contributed by atoms with Crippen LogP contribution in [0.15, 0.2) is 36.4 Å². The van der Waals surface area contributed by atoms with Gasteiger partial charge in [0.25, 0.3) is 0 Å². The van der Waals surface area contributed by atoms with E-state index in [0.717, 1.165) is 0 Å². The van der Waals surface area contributed by atoms with Gasteiger partial charge in [-0.2, -0.15) is 0 Å². The van der Waals surface area contributed by atoms with Crippen LogP contribution in [0.4, 0.5) is 0 Å². The third-order valence-corrected chi connectivity index (χ3v) is 2.38. The van der Waals surface area contributed by atoms with Crippen molar-refractivity contribution in [2.45, 2.75) is 0 Å². The summed E-state index contributed by atoms with van der Waals surface area (Å²) >= 11 is 0. The normalized spacial score (nSPS) is 9.65. The monoisotopic (exact) mass is 280 g/mol. The van der Waals surface area contributed by atoms with Gasteiger partial charge >= 0.3 is 11.9 Å². The second-order valence-electron chi connectivity index (χ2n) is 3.32. The van der Waals surface area contributed by atoms with Gasteiger partial charge in [-0.15, -0.1) is 0 Å². The van der Waals surface area contributed by atoms with E-state index in [9.17, 15) is 9.59 Å². The van der Waals surface area contributed by atoms with Gasteiger partial charge in [0, 0.05) is 19.5 Å². The number of aromatic carboxylic acids is 2. The summed E-state index contributed by atoms with van der Waals surface area (Å²) in [6.07, 6.45) is 0. The summed E-state index contributed by atoms with van der Waals surface area (Å²) in [7, 11) is 0. The molecule has 0 heterocycles. The van der Waals surface area contributed by atoms with E-state index in [1.165, 1.54) is 24.3 Å². The Morgan fingerprint density at radius 1 is 0.765 bits per heavy atom. The average molecular weight is 282 g/mol. The number of fused-ring (bicyclic) bond motifs is 1. The molecule has 0 bridgehead atoms. The Hall–Kier alpha value is -1.74. The number of rotatable bonds is 2. The van der Waals surface area contributed by atoms with Crippen molar-refractivity contribution >= 4 is 22.7 Å². The van der Waals surface area contributed by atoms with E-state index >= 15 is 0 Å². The summed E-state index contributed by atoms with van der Waals surface area (Å²) in [5.74, 6) is -2.12. The second-order valence-corrected chi connectivity index (χ2v) is 3.32. The van der Waals surface area contributed by atoms with Crippen molar-refractivity contribution in [2.75, 3.05) is 0 Å². The third-order valence-electron chi connectivity index (χ3n) is 2.38. The molecule has 0 aliphatic carbocycles. The van der Waals surface area contributed by atoms with Gasteiger partial charge in [-0.3, -0.25) is 0 Å². The molecule has 2 rings (SSSR count). The van der Waals surface area contributed by atoms with Gasteiger partial charge in [-0.25, -0.2) is 9.59 Å². The maximum absolute atomic E-state index is 10.9. The van der Waals surface area contributed by atoms with Crippen LogP contribution in [-0.2, 0) is 19.5 Å². The Morgan fingerprint density at radius 2 is 1.12 bits per heavy atom. The third kappa shape index (κ3) is 2.34. The van der Waals surface area contributed by atoms with Gasteiger partial charge in [-0.05, 0) is 22.9 Å². The van der Waals surface area contributed by atoms with Crippen LogP contribution >= 0.6 is 0 Å². The largest absolute Gasteiger partial charge is 0.478 e. The van der Waals surface area contributed by atoms with Crippen LogP contribution in [0.25, 0.3) is 10.8 Å². The van der Waals surface area contributed by atoms with Crippen molar-refractivity contribution in [3.63, 3.8) is 0 Å². The number of hydrogen-bond donors (Lipinski definition) is 2. The average Bonchev–Trinajstić information content (AvgIpc) is 2.27. The molecular weight excluding hydrogens is 274 g/mol. The molecule has 0 fully saturated rings. The predicted molar refractivity (Wildman–Crippen MR) is 57.9 cm³/mol. The fraction of sp³-hybridized carbons (Fsp3) is 0. The van der Waals surface area contributed by atoms with E-state index in [2.05, 4.69) is 0 Å². The van der Waals surface area contributed by atoms with Gasteiger partial charge in [0.15, 0.2) is 0 Å². The smallest absolute Gasteiger partial charge is 0.336 e. The molecule has 0 amide bonds. The summed E-state index contributed by atoms with van der Waals surface area (Å²) in [6, 6.07) is 9.19. The van der Waals surface area contributed by atoms with Gasteiger partial charge < -0.3 is 10.2 Å². The fourth-order valence-electron chi connectivity index (χ4n) is 1.68. The molecule has 0 saturated carbocycles. The second kappa shape index (κ2) is 5.06. The molecule has 0 unspecified atom stereocenters. The van der Waals surface area contributed by atoms with E-state index in [1.54, 1.807) is 12.1 Å². The maximum Gasteiger partial charge on any atom is 0.336 e. The predicted octanol–water partition coefficient (Wildman–Crippen LogP) is 2.23. The Kier molecular flexibility index (Phi) is 3.97. The van der Waals surface area contributed by atoms with E-state index in [0.29, 0.717) is 10.8 Å². The molecule has 82 valence electrons. The van der Waals surface area contributed by atoms with E-state index in [1.807, 2.05) is 0 Å². The minimum Gasteiger partial charge on any atom is -0.478 e. The number of benzene rings is 2. The van der Waals surface area contributed by atoms with Crippen LogP contribution in [0.2, 0.25) is 0 Å². The first kappa shape index (κ1) is 13.3. The van der Waals surface area contributed by atoms with Crippen molar-refractivity contribution in [2.24, 2.45) is 0 Å². The summed E-state index contributed by atoms with van der Waals surface area (Å²) < 4.78 is 0. The maximum atomic E-state index is 10.9. The molecule has 5 heteroatoms. The number of carboxylic acid groups (broad SMARTS) is 2. The van der Waals surface area contributed by atoms with Crippen molar-refractivity contribution in [1.82, 2.24) is 0 Å². The SMILES string of the molecule is O=C(O)c1cccc2c(C(=O)O)cccc12.[Zn]. The number of carboxylic acids is 2. The zero-order chi connectivity index (χ0) is 11.7. The number of hydrogen-bond acceptors (Lipinski definition) is 2. The molecule has 17 heavy (non-hydrogen) atoms. The van der Waals surface area contributed by atoms with Crippen LogP contribution in [-0.4, -0.2) is 22.2 Å². The van der Waals surface area contributed by atoms with Gasteiger partial charge in [0.05, 0.1) is 11.1 Å². The van der Waals surface area contributed by atoms with Crippen LogP contribution in [0.3, 0.4) is 0 Å². The van der Waals surface area contributed by atoms with Crippen molar-refractivity contribution in [3.8, 4) is 0 Å². The summed E-state index contributed by atoms with van der Waals surface area (Å²) in [6.45, 7) is 0. The van der Waals surface area contributed by atoms with Crippen LogP contribution in [0.5, 0.6) is 0 Å². The summed E-state index contributed by atoms with van der Waals surface area (Å²) in [4.78, 5) is 21.9. The zero-order valence-electron chi connectivity index (χ0n) is 8.88. The molecule has 2 aromatic rings. The zero-order valence-corrected chi connectivity index (χ0v) is 11.8. The molecule has 0 aliphatic heterocycles. The molecule has 0 radical (unpaired) electrons. The minimum atomic E-state index is -1.06. The summed E-state index contributed by atoms with van der Waals surface area (Å²) in [5.41, 5.74) is 0.223. The molecule has 0 atom stereocenters. The van der Waals surface area contributed by atoms with E-state index < -0.39 is 11.9 Å². The quantitative estimate of drug-likeness (QED) is 0.828. The first-order valence-electron chi connectivity index (χ1n) is 4.59. The molecule has 0 saturated heterocycles. The fourth-order valence-corrected chi connectivity index (χ4v) is 1.68. The first-order valence-corrected chi connectivity index (χ1v) is 4.59. The van der Waals surface area contributed by atoms with E-state index in [-0.39, 0.29) is 30.6 Å². The standard InChI is InChI=1S/C12H8O4.Zn/c13-11(14)9-5-1-3-7-8(9)4-2-6-10(7)12(15)16;/h1-6H,(H,13,14)(H,15,16);. The number of carbonyl (C=O) groups is 2. The van der Waals surface area contributed by atoms with Gasteiger partial charge in [0.1, 0.15) is 0 Å².